The molecule has 1 amide bonds. The van der Waals surface area contributed by atoms with Gasteiger partial charge in [-0.2, -0.15) is 0 Å². The molecule has 192 valence electrons. The van der Waals surface area contributed by atoms with Gasteiger partial charge in [-0.25, -0.2) is 4.98 Å². The first-order chi connectivity index (χ1) is 18.3. The van der Waals surface area contributed by atoms with Crippen molar-refractivity contribution < 1.29 is 13.6 Å². The van der Waals surface area contributed by atoms with Gasteiger partial charge in [-0.05, 0) is 96.9 Å². The molecule has 2 N–H and O–H groups in total. The van der Waals surface area contributed by atoms with Gasteiger partial charge in [0.05, 0.1) is 10.0 Å². The molecule has 0 bridgehead atoms. The van der Waals surface area contributed by atoms with E-state index in [9.17, 15) is 4.79 Å². The molecule has 3 aromatic carbocycles. The van der Waals surface area contributed by atoms with Crippen LogP contribution < -0.4 is 10.6 Å². The average molecular weight is 564 g/mol. The Labute approximate surface area is 235 Å². The maximum Gasteiger partial charge on any atom is 0.293 e. The molecular formula is C29H23Cl2N3O3S. The molecule has 9 heteroatoms. The Balaban J connectivity index is 1.22. The zero-order chi connectivity index (χ0) is 26.8. The van der Waals surface area contributed by atoms with Crippen LogP contribution in [0.4, 0.5) is 5.69 Å². The molecule has 0 fully saturated rings. The van der Waals surface area contributed by atoms with Crippen LogP contribution >= 0.6 is 35.4 Å². The van der Waals surface area contributed by atoms with Crippen molar-refractivity contribution >= 4 is 63.2 Å². The van der Waals surface area contributed by atoms with Gasteiger partial charge in [-0.15, -0.1) is 0 Å². The Morgan fingerprint density at radius 3 is 2.45 bits per heavy atom. The Morgan fingerprint density at radius 1 is 0.947 bits per heavy atom. The third kappa shape index (κ3) is 5.60. The summed E-state index contributed by atoms with van der Waals surface area (Å²) in [5.41, 5.74) is 5.06. The minimum absolute atomic E-state index is 0.109. The van der Waals surface area contributed by atoms with Crippen LogP contribution in [0.3, 0.4) is 0 Å². The third-order valence-corrected chi connectivity index (χ3v) is 7.19. The SMILES string of the molecule is CCC(C)c1ccc2oc(-c3ccc(NC(=S)NC(=O)c4ccc(-c5ccc(Cl)c(Cl)c5)o4)cc3)nc2c1. The maximum atomic E-state index is 12.6. The van der Waals surface area contributed by atoms with Crippen molar-refractivity contribution in [2.75, 3.05) is 5.32 Å². The first-order valence-corrected chi connectivity index (χ1v) is 13.2. The van der Waals surface area contributed by atoms with Crippen molar-refractivity contribution in [1.29, 1.82) is 0 Å². The fourth-order valence-electron chi connectivity index (χ4n) is 3.90. The van der Waals surface area contributed by atoms with Gasteiger partial charge in [0.15, 0.2) is 16.5 Å². The number of aromatic nitrogens is 1. The molecule has 0 saturated carbocycles. The van der Waals surface area contributed by atoms with E-state index >= 15 is 0 Å². The first-order valence-electron chi connectivity index (χ1n) is 12.0. The summed E-state index contributed by atoms with van der Waals surface area (Å²) in [6.45, 7) is 4.37. The number of amides is 1. The minimum Gasteiger partial charge on any atom is -0.451 e. The van der Waals surface area contributed by atoms with E-state index in [1.807, 2.05) is 30.3 Å². The summed E-state index contributed by atoms with van der Waals surface area (Å²) in [4.78, 5) is 17.3. The molecule has 0 aliphatic rings. The second kappa shape index (κ2) is 11.0. The Kier molecular flexibility index (Phi) is 7.51. The van der Waals surface area contributed by atoms with Crippen molar-refractivity contribution in [3.8, 4) is 22.8 Å². The number of oxazole rings is 1. The van der Waals surface area contributed by atoms with Gasteiger partial charge in [0, 0.05) is 16.8 Å². The molecule has 0 aliphatic heterocycles. The molecule has 2 aromatic heterocycles. The topological polar surface area (TPSA) is 80.3 Å². The van der Waals surface area contributed by atoms with E-state index in [1.165, 1.54) is 5.56 Å². The number of nitrogens with zero attached hydrogens (tertiary/aromatic N) is 1. The number of benzene rings is 3. The minimum atomic E-state index is -0.478. The second-order valence-corrected chi connectivity index (χ2v) is 10.1. The summed E-state index contributed by atoms with van der Waals surface area (Å²) in [7, 11) is 0. The van der Waals surface area contributed by atoms with Gasteiger partial charge >= 0.3 is 0 Å². The molecule has 5 aromatic rings. The second-order valence-electron chi connectivity index (χ2n) is 8.83. The summed E-state index contributed by atoms with van der Waals surface area (Å²) in [5.74, 6) is 1.12. The molecule has 38 heavy (non-hydrogen) atoms. The van der Waals surface area contributed by atoms with Crippen molar-refractivity contribution in [2.45, 2.75) is 26.2 Å². The molecule has 0 radical (unpaired) electrons. The number of anilines is 1. The Bertz CT molecular complexity index is 1640. The van der Waals surface area contributed by atoms with Crippen LogP contribution in [0.15, 0.2) is 81.6 Å². The molecule has 2 heterocycles. The van der Waals surface area contributed by atoms with Crippen molar-refractivity contribution in [3.05, 3.63) is 94.2 Å². The number of hydrogen-bond donors (Lipinski definition) is 2. The molecular weight excluding hydrogens is 541 g/mol. The molecule has 6 nitrogen and oxygen atoms in total. The van der Waals surface area contributed by atoms with Crippen LogP contribution in [0, 0.1) is 0 Å². The van der Waals surface area contributed by atoms with E-state index in [4.69, 9.17) is 44.3 Å². The van der Waals surface area contributed by atoms with Crippen LogP contribution in [-0.2, 0) is 0 Å². The van der Waals surface area contributed by atoms with Gasteiger partial charge in [-0.1, -0.05) is 43.1 Å². The van der Waals surface area contributed by atoms with E-state index in [1.54, 1.807) is 30.3 Å². The fraction of sp³-hybridized carbons (Fsp3) is 0.138. The van der Waals surface area contributed by atoms with Crippen LogP contribution in [0.2, 0.25) is 10.0 Å². The normalized spacial score (nSPS) is 11.9. The first kappa shape index (κ1) is 26.0. The van der Waals surface area contributed by atoms with E-state index in [0.29, 0.717) is 38.9 Å². The number of hydrogen-bond acceptors (Lipinski definition) is 5. The van der Waals surface area contributed by atoms with Gasteiger partial charge in [0.25, 0.3) is 5.91 Å². The number of thiocarbonyl (C=S) groups is 1. The Morgan fingerprint density at radius 2 is 1.71 bits per heavy atom. The van der Waals surface area contributed by atoms with E-state index < -0.39 is 5.91 Å². The number of carbonyl (C=O) groups is 1. The number of rotatable bonds is 6. The zero-order valence-electron chi connectivity index (χ0n) is 20.5. The third-order valence-electron chi connectivity index (χ3n) is 6.24. The summed E-state index contributed by atoms with van der Waals surface area (Å²) in [6, 6.07) is 21.9. The molecule has 1 atom stereocenters. The lowest BCUT2D eigenvalue weighted by atomic mass is 9.98. The number of carbonyl (C=O) groups excluding carboxylic acids is 1. The lowest BCUT2D eigenvalue weighted by Gasteiger charge is -2.09. The van der Waals surface area contributed by atoms with Crippen molar-refractivity contribution in [2.24, 2.45) is 0 Å². The quantitative estimate of drug-likeness (QED) is 0.201. The van der Waals surface area contributed by atoms with Crippen LogP contribution in [-0.4, -0.2) is 16.0 Å². The number of nitrogens with one attached hydrogen (secondary N) is 2. The highest BCUT2D eigenvalue weighted by Gasteiger charge is 2.15. The fourth-order valence-corrected chi connectivity index (χ4v) is 4.41. The largest absolute Gasteiger partial charge is 0.451 e. The average Bonchev–Trinajstić information content (AvgIpc) is 3.57. The zero-order valence-corrected chi connectivity index (χ0v) is 22.9. The van der Waals surface area contributed by atoms with E-state index in [2.05, 4.69) is 41.6 Å². The van der Waals surface area contributed by atoms with Crippen LogP contribution in [0.1, 0.15) is 42.3 Å². The summed E-state index contributed by atoms with van der Waals surface area (Å²) >= 11 is 17.4. The lowest BCUT2D eigenvalue weighted by molar-refractivity contribution is 0.0951. The number of halogens is 2. The van der Waals surface area contributed by atoms with Gasteiger partial charge in [0.2, 0.25) is 5.89 Å². The monoisotopic (exact) mass is 563 g/mol. The van der Waals surface area contributed by atoms with Crippen LogP contribution in [0.5, 0.6) is 0 Å². The highest BCUT2D eigenvalue weighted by atomic mass is 35.5. The van der Waals surface area contributed by atoms with Crippen LogP contribution in [0.25, 0.3) is 33.9 Å². The summed E-state index contributed by atoms with van der Waals surface area (Å²) < 4.78 is 11.6. The van der Waals surface area contributed by atoms with E-state index in [-0.39, 0.29) is 10.9 Å². The highest BCUT2D eigenvalue weighted by Crippen LogP contribution is 2.30. The summed E-state index contributed by atoms with van der Waals surface area (Å²) in [5, 5.41) is 6.59. The predicted molar refractivity (Wildman–Crippen MR) is 156 cm³/mol. The van der Waals surface area contributed by atoms with Gasteiger partial charge in [0.1, 0.15) is 11.3 Å². The molecule has 0 aliphatic carbocycles. The molecule has 0 saturated heterocycles. The Hall–Kier alpha value is -3.65. The maximum absolute atomic E-state index is 12.6. The molecule has 1 unspecified atom stereocenters. The number of furan rings is 1. The van der Waals surface area contributed by atoms with E-state index in [0.717, 1.165) is 23.1 Å². The molecule has 5 rings (SSSR count). The highest BCUT2D eigenvalue weighted by molar-refractivity contribution is 7.80. The van der Waals surface area contributed by atoms with Crippen molar-refractivity contribution in [1.82, 2.24) is 10.3 Å². The summed E-state index contributed by atoms with van der Waals surface area (Å²) in [6.07, 6.45) is 1.06. The van der Waals surface area contributed by atoms with Gasteiger partial charge < -0.3 is 14.2 Å². The van der Waals surface area contributed by atoms with Crippen molar-refractivity contribution in [3.63, 3.8) is 0 Å². The molecule has 0 spiro atoms. The smallest absolute Gasteiger partial charge is 0.293 e. The standard InChI is InChI=1S/C29H23Cl2N3O3S/c1-3-16(2)18-7-11-25-23(15-18)33-28(37-25)17-4-8-20(9-5-17)32-29(38)34-27(35)26-13-12-24(36-26)19-6-10-21(30)22(31)14-19/h4-16H,3H2,1-2H3,(H2,32,34,35,38). The predicted octanol–water partition coefficient (Wildman–Crippen LogP) is 8.70. The van der Waals surface area contributed by atoms with Gasteiger partial charge in [-0.3, -0.25) is 10.1 Å². The lowest BCUT2D eigenvalue weighted by Crippen LogP contribution is -2.33. The number of fused-ring (bicyclic) bond motifs is 1.